The summed E-state index contributed by atoms with van der Waals surface area (Å²) in [5.41, 5.74) is 2.70. The van der Waals surface area contributed by atoms with Crippen LogP contribution in [-0.2, 0) is 22.9 Å². The lowest BCUT2D eigenvalue weighted by Crippen LogP contribution is -2.23. The van der Waals surface area contributed by atoms with Gasteiger partial charge in [-0.3, -0.25) is 0 Å². The fourth-order valence-corrected chi connectivity index (χ4v) is 4.98. The van der Waals surface area contributed by atoms with Gasteiger partial charge in [0.05, 0.1) is 16.7 Å². The number of aromatic nitrogens is 4. The fourth-order valence-electron chi connectivity index (χ4n) is 2.92. The van der Waals surface area contributed by atoms with E-state index in [0.29, 0.717) is 17.1 Å². The van der Waals surface area contributed by atoms with Gasteiger partial charge in [-0.1, -0.05) is 0 Å². The minimum absolute atomic E-state index is 0.296. The standard InChI is InChI=1S/C12H18N4O2S2/c1-3-16-11-10(8(2)14-16)13-12(19)15(11)7-9-5-4-6-20(9,17)18/h9H,3-7H2,1-2H3,(H,13,19). The van der Waals surface area contributed by atoms with Crippen molar-refractivity contribution < 1.29 is 8.42 Å². The summed E-state index contributed by atoms with van der Waals surface area (Å²) < 4.78 is 28.4. The smallest absolute Gasteiger partial charge is 0.179 e. The van der Waals surface area contributed by atoms with E-state index in [1.807, 2.05) is 23.1 Å². The largest absolute Gasteiger partial charge is 0.328 e. The van der Waals surface area contributed by atoms with Gasteiger partial charge in [-0.2, -0.15) is 5.10 Å². The molecule has 1 unspecified atom stereocenters. The van der Waals surface area contributed by atoms with Gasteiger partial charge < -0.3 is 9.55 Å². The fraction of sp³-hybridized carbons (Fsp3) is 0.667. The molecule has 0 bridgehead atoms. The molecule has 110 valence electrons. The summed E-state index contributed by atoms with van der Waals surface area (Å²) in [6, 6.07) is 0. The number of nitrogens with zero attached hydrogens (tertiary/aromatic N) is 3. The summed E-state index contributed by atoms with van der Waals surface area (Å²) >= 11 is 5.35. The van der Waals surface area contributed by atoms with Gasteiger partial charge >= 0.3 is 0 Å². The van der Waals surface area contributed by atoms with Crippen molar-refractivity contribution in [1.29, 1.82) is 0 Å². The lowest BCUT2D eigenvalue weighted by Gasteiger charge is -2.11. The molecule has 20 heavy (non-hydrogen) atoms. The number of hydrogen-bond acceptors (Lipinski definition) is 4. The molecule has 0 radical (unpaired) electrons. The van der Waals surface area contributed by atoms with E-state index < -0.39 is 9.84 Å². The SMILES string of the molecule is CCn1nc(C)c2[nH]c(=S)n(CC3CCCS3(=O)=O)c21. The Morgan fingerprint density at radius 2 is 2.25 bits per heavy atom. The molecule has 3 heterocycles. The molecule has 0 aromatic carbocycles. The van der Waals surface area contributed by atoms with Crippen molar-refractivity contribution in [3.63, 3.8) is 0 Å². The predicted molar refractivity (Wildman–Crippen MR) is 80.1 cm³/mol. The quantitative estimate of drug-likeness (QED) is 0.877. The molecule has 1 fully saturated rings. The van der Waals surface area contributed by atoms with Gasteiger partial charge in [0.15, 0.2) is 20.3 Å². The second-order valence-electron chi connectivity index (χ2n) is 5.27. The van der Waals surface area contributed by atoms with E-state index in [0.717, 1.165) is 36.2 Å². The number of imidazole rings is 1. The highest BCUT2D eigenvalue weighted by Gasteiger charge is 2.32. The summed E-state index contributed by atoms with van der Waals surface area (Å²) in [7, 11) is -2.97. The Morgan fingerprint density at radius 3 is 2.85 bits per heavy atom. The normalized spacial score (nSPS) is 21.8. The summed E-state index contributed by atoms with van der Waals surface area (Å²) in [6.45, 7) is 5.09. The Hall–Kier alpha value is -1.15. The first kappa shape index (κ1) is 13.8. The van der Waals surface area contributed by atoms with E-state index in [9.17, 15) is 8.42 Å². The molecule has 1 saturated heterocycles. The highest BCUT2D eigenvalue weighted by atomic mass is 32.2. The molecule has 2 aromatic heterocycles. The first-order valence-corrected chi connectivity index (χ1v) is 8.94. The molecule has 0 amide bonds. The zero-order valence-corrected chi connectivity index (χ0v) is 13.2. The molecule has 6 nitrogen and oxygen atoms in total. The zero-order valence-electron chi connectivity index (χ0n) is 11.6. The number of hydrogen-bond donors (Lipinski definition) is 1. The summed E-state index contributed by atoms with van der Waals surface area (Å²) in [4.78, 5) is 3.15. The molecule has 2 aromatic rings. The molecule has 1 aliphatic heterocycles. The molecular formula is C12H18N4O2S2. The third-order valence-electron chi connectivity index (χ3n) is 3.98. The van der Waals surface area contributed by atoms with Crippen LogP contribution in [-0.4, -0.2) is 38.8 Å². The van der Waals surface area contributed by atoms with Gasteiger partial charge in [0.25, 0.3) is 0 Å². The maximum absolute atomic E-state index is 12.0. The van der Waals surface area contributed by atoms with Gasteiger partial charge in [0, 0.05) is 13.1 Å². The number of nitrogens with one attached hydrogen (secondary N) is 1. The maximum Gasteiger partial charge on any atom is 0.179 e. The molecular weight excluding hydrogens is 296 g/mol. The zero-order chi connectivity index (χ0) is 14.5. The van der Waals surface area contributed by atoms with Crippen molar-refractivity contribution in [2.24, 2.45) is 0 Å². The number of sulfone groups is 1. The average molecular weight is 314 g/mol. The van der Waals surface area contributed by atoms with Crippen molar-refractivity contribution in [2.75, 3.05) is 5.75 Å². The summed E-state index contributed by atoms with van der Waals surface area (Å²) in [5.74, 6) is 0.296. The second kappa shape index (κ2) is 4.70. The molecule has 1 atom stereocenters. The van der Waals surface area contributed by atoms with E-state index in [-0.39, 0.29) is 5.25 Å². The third-order valence-corrected chi connectivity index (χ3v) is 6.56. The van der Waals surface area contributed by atoms with Crippen molar-refractivity contribution in [3.05, 3.63) is 10.5 Å². The first-order chi connectivity index (χ1) is 9.44. The molecule has 0 aliphatic carbocycles. The van der Waals surface area contributed by atoms with Gasteiger partial charge in [-0.15, -0.1) is 0 Å². The average Bonchev–Trinajstić information content (AvgIpc) is 2.98. The summed E-state index contributed by atoms with van der Waals surface area (Å²) in [6.07, 6.45) is 1.47. The van der Waals surface area contributed by atoms with Gasteiger partial charge in [0.2, 0.25) is 0 Å². The van der Waals surface area contributed by atoms with Gasteiger partial charge in [-0.05, 0) is 38.9 Å². The number of aromatic amines is 1. The van der Waals surface area contributed by atoms with Crippen LogP contribution in [0.5, 0.6) is 0 Å². The van der Waals surface area contributed by atoms with Crippen LogP contribution in [0.1, 0.15) is 25.5 Å². The number of aryl methyl sites for hydroxylation is 2. The second-order valence-corrected chi connectivity index (χ2v) is 8.06. The molecule has 0 spiro atoms. The van der Waals surface area contributed by atoms with Crippen LogP contribution in [0.2, 0.25) is 0 Å². The summed E-state index contributed by atoms with van der Waals surface area (Å²) in [5, 5.41) is 4.12. The number of H-pyrrole nitrogens is 1. The maximum atomic E-state index is 12.0. The van der Waals surface area contributed by atoms with Crippen LogP contribution in [0.15, 0.2) is 0 Å². The highest BCUT2D eigenvalue weighted by Crippen LogP contribution is 2.25. The predicted octanol–water partition coefficient (Wildman–Crippen LogP) is 1.80. The first-order valence-electron chi connectivity index (χ1n) is 6.81. The molecule has 0 saturated carbocycles. The molecule has 1 aliphatic rings. The van der Waals surface area contributed by atoms with Crippen LogP contribution in [0.3, 0.4) is 0 Å². The molecule has 3 rings (SSSR count). The van der Waals surface area contributed by atoms with Crippen molar-refractivity contribution >= 4 is 33.2 Å². The highest BCUT2D eigenvalue weighted by molar-refractivity contribution is 7.92. The minimum atomic E-state index is -2.97. The van der Waals surface area contributed by atoms with E-state index in [2.05, 4.69) is 10.1 Å². The van der Waals surface area contributed by atoms with Crippen LogP contribution < -0.4 is 0 Å². The van der Waals surface area contributed by atoms with Crippen molar-refractivity contribution in [2.45, 2.75) is 45.0 Å². The van der Waals surface area contributed by atoms with E-state index in [1.165, 1.54) is 0 Å². The van der Waals surface area contributed by atoms with Crippen molar-refractivity contribution in [3.8, 4) is 0 Å². The van der Waals surface area contributed by atoms with E-state index in [4.69, 9.17) is 12.2 Å². The van der Waals surface area contributed by atoms with Crippen molar-refractivity contribution in [1.82, 2.24) is 19.3 Å². The third kappa shape index (κ3) is 2.01. The lowest BCUT2D eigenvalue weighted by molar-refractivity contribution is 0.559. The van der Waals surface area contributed by atoms with E-state index >= 15 is 0 Å². The van der Waals surface area contributed by atoms with Crippen LogP contribution >= 0.6 is 12.2 Å². The Morgan fingerprint density at radius 1 is 1.50 bits per heavy atom. The Bertz CT molecular complexity index is 812. The van der Waals surface area contributed by atoms with Gasteiger partial charge in [0.1, 0.15) is 5.52 Å². The van der Waals surface area contributed by atoms with Crippen LogP contribution in [0.25, 0.3) is 11.2 Å². The van der Waals surface area contributed by atoms with Crippen LogP contribution in [0, 0.1) is 11.7 Å². The van der Waals surface area contributed by atoms with Gasteiger partial charge in [-0.25, -0.2) is 13.1 Å². The topological polar surface area (TPSA) is 72.7 Å². The minimum Gasteiger partial charge on any atom is -0.328 e. The number of rotatable bonds is 3. The number of fused-ring (bicyclic) bond motifs is 1. The Labute approximate surface area is 122 Å². The Kier molecular flexibility index (Phi) is 3.24. The van der Waals surface area contributed by atoms with E-state index in [1.54, 1.807) is 0 Å². The lowest BCUT2D eigenvalue weighted by atomic mass is 10.2. The molecule has 8 heteroatoms. The Balaban J connectivity index is 2.12. The molecule has 1 N–H and O–H groups in total. The van der Waals surface area contributed by atoms with Crippen LogP contribution in [0.4, 0.5) is 0 Å². The monoisotopic (exact) mass is 314 g/mol.